The monoisotopic (exact) mass is 176 g/mol. The average molecular weight is 176 g/mol. The molecule has 0 radical (unpaired) electrons. The van der Waals surface area contributed by atoms with Gasteiger partial charge in [-0.25, -0.2) is 0 Å². The van der Waals surface area contributed by atoms with Gasteiger partial charge in [-0.15, -0.1) is 0 Å². The molecule has 2 N–H and O–H groups in total. The zero-order chi connectivity index (χ0) is 9.26. The summed E-state index contributed by atoms with van der Waals surface area (Å²) >= 11 is 0. The van der Waals surface area contributed by atoms with E-state index in [0.29, 0.717) is 17.8 Å². The van der Waals surface area contributed by atoms with Gasteiger partial charge in [0.15, 0.2) is 0 Å². The van der Waals surface area contributed by atoms with Crippen molar-refractivity contribution in [2.75, 3.05) is 0 Å². The summed E-state index contributed by atoms with van der Waals surface area (Å²) in [6.45, 7) is 0. The largest absolute Gasteiger partial charge is 0.411 e. The van der Waals surface area contributed by atoms with Crippen molar-refractivity contribution in [3.8, 4) is 0 Å². The van der Waals surface area contributed by atoms with Gasteiger partial charge in [0.25, 0.3) is 0 Å². The quantitative estimate of drug-likeness (QED) is 0.464. The predicted molar refractivity (Wildman–Crippen MR) is 47.7 cm³/mol. The first-order valence-electron chi connectivity index (χ1n) is 3.88. The Bertz CT molecular complexity index is 359. The third kappa shape index (κ3) is 1.07. The zero-order valence-electron chi connectivity index (χ0n) is 6.81. The molecule has 1 aliphatic carbocycles. The molecule has 0 aliphatic heterocycles. The summed E-state index contributed by atoms with van der Waals surface area (Å²) in [7, 11) is 0. The summed E-state index contributed by atoms with van der Waals surface area (Å²) < 4.78 is 0. The summed E-state index contributed by atoms with van der Waals surface area (Å²) in [5.74, 6) is 0. The molecule has 4 heteroatoms. The number of rotatable bonds is 0. The van der Waals surface area contributed by atoms with Gasteiger partial charge in [-0.1, -0.05) is 34.6 Å². The molecule has 66 valence electrons. The third-order valence-electron chi connectivity index (χ3n) is 2.13. The second kappa shape index (κ2) is 2.90. The normalized spacial score (nSPS) is 20.9. The Morgan fingerprint density at radius 3 is 1.77 bits per heavy atom. The Hall–Kier alpha value is -1.84. The lowest BCUT2D eigenvalue weighted by Gasteiger charge is -1.95. The fourth-order valence-corrected chi connectivity index (χ4v) is 1.51. The van der Waals surface area contributed by atoms with Crippen molar-refractivity contribution < 1.29 is 10.4 Å². The highest BCUT2D eigenvalue weighted by Crippen LogP contribution is 2.22. The van der Waals surface area contributed by atoms with E-state index >= 15 is 0 Å². The predicted octanol–water partition coefficient (Wildman–Crippen LogP) is 1.45. The minimum atomic E-state index is 0.381. The van der Waals surface area contributed by atoms with E-state index in [0.717, 1.165) is 11.1 Å². The van der Waals surface area contributed by atoms with Gasteiger partial charge < -0.3 is 10.4 Å². The van der Waals surface area contributed by atoms with Crippen LogP contribution < -0.4 is 0 Å². The van der Waals surface area contributed by atoms with Crippen LogP contribution in [0.3, 0.4) is 0 Å². The molecular formula is C9H8N2O2. The van der Waals surface area contributed by atoms with Crippen LogP contribution in [0.1, 0.15) is 17.5 Å². The Labute approximate surface area is 74.8 Å². The molecule has 0 spiro atoms. The van der Waals surface area contributed by atoms with Crippen LogP contribution in [0.5, 0.6) is 0 Å². The van der Waals surface area contributed by atoms with Crippen molar-refractivity contribution in [1.82, 2.24) is 0 Å². The first kappa shape index (κ1) is 7.79. The van der Waals surface area contributed by atoms with E-state index < -0.39 is 0 Å². The van der Waals surface area contributed by atoms with Crippen LogP contribution in [0, 0.1) is 0 Å². The summed E-state index contributed by atoms with van der Waals surface area (Å²) in [5.41, 5.74) is 2.75. The minimum Gasteiger partial charge on any atom is -0.411 e. The number of fused-ring (bicyclic) bond motifs is 1. The standard InChI is InChI=1S/C9H8N2O2/c12-10-8-5-9(11-13)7-4-2-1-3-6(7)8/h1-4,12-13H,5H2. The summed E-state index contributed by atoms with van der Waals surface area (Å²) in [6.07, 6.45) is 0.381. The van der Waals surface area contributed by atoms with Gasteiger partial charge in [-0.05, 0) is 0 Å². The fraction of sp³-hybridized carbons (Fsp3) is 0.111. The van der Waals surface area contributed by atoms with Crippen LogP contribution in [0.25, 0.3) is 0 Å². The molecule has 1 aromatic rings. The SMILES string of the molecule is ON=C1CC(=NO)c2ccccc21. The zero-order valence-corrected chi connectivity index (χ0v) is 6.81. The van der Waals surface area contributed by atoms with E-state index in [4.69, 9.17) is 10.4 Å². The van der Waals surface area contributed by atoms with Gasteiger partial charge in [0, 0.05) is 17.5 Å². The molecule has 0 unspecified atom stereocenters. The van der Waals surface area contributed by atoms with E-state index in [1.54, 1.807) is 0 Å². The first-order valence-corrected chi connectivity index (χ1v) is 3.88. The molecule has 0 aromatic heterocycles. The van der Waals surface area contributed by atoms with Crippen LogP contribution in [0.4, 0.5) is 0 Å². The Morgan fingerprint density at radius 1 is 0.923 bits per heavy atom. The van der Waals surface area contributed by atoms with Crippen LogP contribution in [0.15, 0.2) is 34.6 Å². The van der Waals surface area contributed by atoms with Crippen molar-refractivity contribution in [2.24, 2.45) is 10.3 Å². The van der Waals surface area contributed by atoms with E-state index in [1.165, 1.54) is 0 Å². The third-order valence-corrected chi connectivity index (χ3v) is 2.13. The number of hydrogen-bond donors (Lipinski definition) is 2. The number of nitrogens with zero attached hydrogens (tertiary/aromatic N) is 2. The molecule has 4 nitrogen and oxygen atoms in total. The first-order chi connectivity index (χ1) is 6.36. The maximum Gasteiger partial charge on any atom is 0.0935 e. The molecule has 0 atom stereocenters. The van der Waals surface area contributed by atoms with Crippen molar-refractivity contribution in [2.45, 2.75) is 6.42 Å². The summed E-state index contributed by atoms with van der Waals surface area (Å²) in [5, 5.41) is 23.7. The van der Waals surface area contributed by atoms with Gasteiger partial charge >= 0.3 is 0 Å². The van der Waals surface area contributed by atoms with Crippen molar-refractivity contribution in [1.29, 1.82) is 0 Å². The van der Waals surface area contributed by atoms with Crippen molar-refractivity contribution >= 4 is 11.4 Å². The Kier molecular flexibility index (Phi) is 1.73. The maximum atomic E-state index is 8.68. The molecule has 1 aromatic carbocycles. The average Bonchev–Trinajstić information content (AvgIpc) is 2.56. The van der Waals surface area contributed by atoms with Gasteiger partial charge in [-0.3, -0.25) is 0 Å². The molecule has 0 bridgehead atoms. The minimum absolute atomic E-state index is 0.381. The molecule has 0 saturated carbocycles. The molecule has 1 aliphatic rings. The molecule has 0 saturated heterocycles. The topological polar surface area (TPSA) is 65.2 Å². The molecule has 13 heavy (non-hydrogen) atoms. The van der Waals surface area contributed by atoms with Crippen LogP contribution in [0.2, 0.25) is 0 Å². The summed E-state index contributed by atoms with van der Waals surface area (Å²) in [4.78, 5) is 0. The van der Waals surface area contributed by atoms with E-state index in [9.17, 15) is 0 Å². The van der Waals surface area contributed by atoms with Crippen molar-refractivity contribution in [3.63, 3.8) is 0 Å². The summed E-state index contributed by atoms with van der Waals surface area (Å²) in [6, 6.07) is 7.37. The lowest BCUT2D eigenvalue weighted by molar-refractivity contribution is 0.316. The molecular weight excluding hydrogens is 168 g/mol. The Balaban J connectivity index is 2.63. The van der Waals surface area contributed by atoms with E-state index in [1.807, 2.05) is 24.3 Å². The number of hydrogen-bond acceptors (Lipinski definition) is 4. The number of oxime groups is 2. The van der Waals surface area contributed by atoms with Crippen LogP contribution in [-0.4, -0.2) is 21.8 Å². The lowest BCUT2D eigenvalue weighted by atomic mass is 10.1. The highest BCUT2D eigenvalue weighted by atomic mass is 16.4. The number of benzene rings is 1. The highest BCUT2D eigenvalue weighted by Gasteiger charge is 2.23. The smallest absolute Gasteiger partial charge is 0.0935 e. The highest BCUT2D eigenvalue weighted by molar-refractivity contribution is 6.27. The fourth-order valence-electron chi connectivity index (χ4n) is 1.51. The maximum absolute atomic E-state index is 8.68. The van der Waals surface area contributed by atoms with Gasteiger partial charge in [0.05, 0.1) is 11.4 Å². The Morgan fingerprint density at radius 2 is 1.38 bits per heavy atom. The van der Waals surface area contributed by atoms with Gasteiger partial charge in [-0.2, -0.15) is 0 Å². The molecule has 0 heterocycles. The van der Waals surface area contributed by atoms with Crippen LogP contribution >= 0.6 is 0 Å². The van der Waals surface area contributed by atoms with Gasteiger partial charge in [0.1, 0.15) is 0 Å². The second-order valence-corrected chi connectivity index (χ2v) is 2.82. The second-order valence-electron chi connectivity index (χ2n) is 2.82. The van der Waals surface area contributed by atoms with Crippen LogP contribution in [-0.2, 0) is 0 Å². The van der Waals surface area contributed by atoms with E-state index in [2.05, 4.69) is 10.3 Å². The van der Waals surface area contributed by atoms with Crippen molar-refractivity contribution in [3.05, 3.63) is 35.4 Å². The molecule has 0 fully saturated rings. The van der Waals surface area contributed by atoms with E-state index in [-0.39, 0.29) is 0 Å². The molecule has 2 rings (SSSR count). The van der Waals surface area contributed by atoms with Gasteiger partial charge in [0.2, 0.25) is 0 Å². The molecule has 0 amide bonds. The lowest BCUT2D eigenvalue weighted by Crippen LogP contribution is -1.95.